The van der Waals surface area contributed by atoms with Gasteiger partial charge in [0.05, 0.1) is 26.7 Å². The molecule has 142 valence electrons. The van der Waals surface area contributed by atoms with Crippen molar-refractivity contribution in [1.82, 2.24) is 18.8 Å². The first-order valence-electron chi connectivity index (χ1n) is 9.05. The minimum atomic E-state index is -0.0146. The molecule has 0 unspecified atom stereocenters. The number of rotatable bonds is 6. The number of hydrogen-bond acceptors (Lipinski definition) is 7. The summed E-state index contributed by atoms with van der Waals surface area (Å²) in [6.07, 6.45) is 2.56. The van der Waals surface area contributed by atoms with Crippen molar-refractivity contribution in [3.05, 3.63) is 40.9 Å². The Morgan fingerprint density at radius 1 is 1.19 bits per heavy atom. The number of hydrogen-bond donors (Lipinski definition) is 0. The summed E-state index contributed by atoms with van der Waals surface area (Å²) in [7, 11) is 1.64. The van der Waals surface area contributed by atoms with Crippen molar-refractivity contribution in [2.75, 3.05) is 40.0 Å². The maximum Gasteiger partial charge on any atom is 0.272 e. The van der Waals surface area contributed by atoms with E-state index in [1.54, 1.807) is 18.0 Å². The van der Waals surface area contributed by atoms with Crippen molar-refractivity contribution in [2.45, 2.75) is 13.0 Å². The molecule has 0 N–H and O–H groups in total. The molecule has 0 radical (unpaired) electrons. The monoisotopic (exact) mass is 386 g/mol. The molecule has 2 aromatic heterocycles. The van der Waals surface area contributed by atoms with Gasteiger partial charge in [-0.05, 0) is 42.2 Å². The molecule has 0 aliphatic carbocycles. The van der Waals surface area contributed by atoms with Crippen molar-refractivity contribution >= 4 is 21.7 Å². The van der Waals surface area contributed by atoms with Crippen LogP contribution in [0.2, 0.25) is 0 Å². The molecule has 8 heteroatoms. The Labute approximate surface area is 161 Å². The molecule has 7 nitrogen and oxygen atoms in total. The van der Waals surface area contributed by atoms with Crippen molar-refractivity contribution in [1.29, 1.82) is 0 Å². The van der Waals surface area contributed by atoms with Gasteiger partial charge in [-0.2, -0.15) is 4.37 Å². The highest BCUT2D eigenvalue weighted by Gasteiger charge is 2.15. The molecule has 27 heavy (non-hydrogen) atoms. The normalized spacial score (nSPS) is 15.3. The Kier molecular flexibility index (Phi) is 5.47. The van der Waals surface area contributed by atoms with Crippen LogP contribution in [0, 0.1) is 0 Å². The van der Waals surface area contributed by atoms with Crippen LogP contribution in [0.5, 0.6) is 5.75 Å². The molecule has 3 aromatic rings. The number of morpholine rings is 1. The molecule has 4 rings (SSSR count). The first kappa shape index (κ1) is 18.1. The number of aryl methyl sites for hydroxylation is 1. The van der Waals surface area contributed by atoms with Crippen LogP contribution in [0.15, 0.2) is 35.4 Å². The Bertz CT molecular complexity index is 961. The standard InChI is InChI=1S/C19H22N4O3S/c1-25-15-5-3-14(4-6-15)16-17-18(27-21-16)19(24)23(13-20-17)8-2-7-22-9-11-26-12-10-22/h3-6,13H,2,7-12H2,1H3. The number of aromatic nitrogens is 3. The first-order chi connectivity index (χ1) is 13.3. The summed E-state index contributed by atoms with van der Waals surface area (Å²) < 4.78 is 17.3. The number of nitrogens with zero attached hydrogens (tertiary/aromatic N) is 4. The van der Waals surface area contributed by atoms with Gasteiger partial charge >= 0.3 is 0 Å². The Morgan fingerprint density at radius 3 is 2.70 bits per heavy atom. The average Bonchev–Trinajstić information content (AvgIpc) is 3.15. The van der Waals surface area contributed by atoms with Gasteiger partial charge in [0.25, 0.3) is 5.56 Å². The zero-order valence-electron chi connectivity index (χ0n) is 15.3. The molecule has 1 aliphatic rings. The molecule has 1 aliphatic heterocycles. The summed E-state index contributed by atoms with van der Waals surface area (Å²) >= 11 is 1.22. The lowest BCUT2D eigenvalue weighted by atomic mass is 10.1. The van der Waals surface area contributed by atoms with E-state index in [-0.39, 0.29) is 5.56 Å². The van der Waals surface area contributed by atoms with Crippen molar-refractivity contribution in [3.8, 4) is 17.0 Å². The van der Waals surface area contributed by atoms with Crippen LogP contribution < -0.4 is 10.3 Å². The molecular weight excluding hydrogens is 364 g/mol. The Hall–Kier alpha value is -2.29. The topological polar surface area (TPSA) is 69.5 Å². The molecule has 0 bridgehead atoms. The fraction of sp³-hybridized carbons (Fsp3) is 0.421. The lowest BCUT2D eigenvalue weighted by molar-refractivity contribution is 0.0369. The Morgan fingerprint density at radius 2 is 1.96 bits per heavy atom. The fourth-order valence-electron chi connectivity index (χ4n) is 3.24. The van der Waals surface area contributed by atoms with Crippen molar-refractivity contribution in [2.24, 2.45) is 0 Å². The van der Waals surface area contributed by atoms with Gasteiger partial charge in [0.2, 0.25) is 0 Å². The molecule has 1 aromatic carbocycles. The maximum absolute atomic E-state index is 12.8. The van der Waals surface area contributed by atoms with Gasteiger partial charge in [-0.1, -0.05) is 0 Å². The van der Waals surface area contributed by atoms with Gasteiger partial charge in [0.1, 0.15) is 21.7 Å². The summed E-state index contributed by atoms with van der Waals surface area (Å²) in [5.41, 5.74) is 2.33. The lowest BCUT2D eigenvalue weighted by Crippen LogP contribution is -2.37. The first-order valence-corrected chi connectivity index (χ1v) is 9.83. The second-order valence-corrected chi connectivity index (χ2v) is 7.26. The molecule has 1 saturated heterocycles. The predicted molar refractivity (Wildman–Crippen MR) is 106 cm³/mol. The predicted octanol–water partition coefficient (Wildman–Crippen LogP) is 2.25. The lowest BCUT2D eigenvalue weighted by Gasteiger charge is -2.26. The third-order valence-electron chi connectivity index (χ3n) is 4.79. The molecule has 0 saturated carbocycles. The quantitative estimate of drug-likeness (QED) is 0.647. The van der Waals surface area contributed by atoms with E-state index in [0.717, 1.165) is 56.3 Å². The highest BCUT2D eigenvalue weighted by atomic mass is 32.1. The number of benzene rings is 1. The minimum Gasteiger partial charge on any atom is -0.497 e. The van der Waals surface area contributed by atoms with Crippen LogP contribution >= 0.6 is 11.5 Å². The van der Waals surface area contributed by atoms with Gasteiger partial charge in [-0.15, -0.1) is 0 Å². The van der Waals surface area contributed by atoms with E-state index in [0.29, 0.717) is 16.8 Å². The van der Waals surface area contributed by atoms with Gasteiger partial charge in [-0.25, -0.2) is 4.98 Å². The largest absolute Gasteiger partial charge is 0.497 e. The van der Waals surface area contributed by atoms with E-state index >= 15 is 0 Å². The van der Waals surface area contributed by atoms with E-state index in [4.69, 9.17) is 9.47 Å². The highest BCUT2D eigenvalue weighted by Crippen LogP contribution is 2.28. The van der Waals surface area contributed by atoms with E-state index in [1.165, 1.54) is 11.5 Å². The molecule has 1 fully saturated rings. The second kappa shape index (κ2) is 8.16. The molecular formula is C19H22N4O3S. The summed E-state index contributed by atoms with van der Waals surface area (Å²) in [6.45, 7) is 5.14. The van der Waals surface area contributed by atoms with Crippen LogP contribution in [0.1, 0.15) is 6.42 Å². The zero-order chi connectivity index (χ0) is 18.6. The average molecular weight is 386 g/mol. The van der Waals surface area contributed by atoms with Gasteiger partial charge in [0.15, 0.2) is 0 Å². The molecule has 3 heterocycles. The van der Waals surface area contributed by atoms with Crippen LogP contribution in [0.3, 0.4) is 0 Å². The Balaban J connectivity index is 1.51. The van der Waals surface area contributed by atoms with E-state index in [2.05, 4.69) is 14.3 Å². The number of methoxy groups -OCH3 is 1. The third kappa shape index (κ3) is 3.87. The maximum atomic E-state index is 12.8. The fourth-order valence-corrected chi connectivity index (χ4v) is 4.05. The van der Waals surface area contributed by atoms with Crippen molar-refractivity contribution < 1.29 is 9.47 Å². The van der Waals surface area contributed by atoms with Gasteiger partial charge < -0.3 is 9.47 Å². The summed E-state index contributed by atoms with van der Waals surface area (Å²) in [5, 5.41) is 0. The van der Waals surface area contributed by atoms with E-state index in [9.17, 15) is 4.79 Å². The second-order valence-electron chi connectivity index (χ2n) is 6.49. The smallest absolute Gasteiger partial charge is 0.272 e. The van der Waals surface area contributed by atoms with Crippen molar-refractivity contribution in [3.63, 3.8) is 0 Å². The third-order valence-corrected chi connectivity index (χ3v) is 5.61. The highest BCUT2D eigenvalue weighted by molar-refractivity contribution is 7.13. The number of fused-ring (bicyclic) bond motifs is 1. The summed E-state index contributed by atoms with van der Waals surface area (Å²) in [5.74, 6) is 0.786. The number of ether oxygens (including phenoxy) is 2. The van der Waals surface area contributed by atoms with Crippen LogP contribution in [-0.2, 0) is 11.3 Å². The molecule has 0 amide bonds. The SMILES string of the molecule is COc1ccc(-c2nsc3c(=O)n(CCCN4CCOCC4)cnc23)cc1. The minimum absolute atomic E-state index is 0.0146. The molecule has 0 spiro atoms. The molecule has 0 atom stereocenters. The van der Waals surface area contributed by atoms with Crippen LogP contribution in [0.25, 0.3) is 21.5 Å². The van der Waals surface area contributed by atoms with Crippen LogP contribution in [-0.4, -0.2) is 58.8 Å². The van der Waals surface area contributed by atoms with E-state index < -0.39 is 0 Å². The summed E-state index contributed by atoms with van der Waals surface area (Å²) in [4.78, 5) is 19.7. The van der Waals surface area contributed by atoms with Gasteiger partial charge in [0, 0.05) is 31.7 Å². The van der Waals surface area contributed by atoms with E-state index in [1.807, 2.05) is 24.3 Å². The van der Waals surface area contributed by atoms with Crippen LogP contribution in [0.4, 0.5) is 0 Å². The zero-order valence-corrected chi connectivity index (χ0v) is 16.1. The summed E-state index contributed by atoms with van der Waals surface area (Å²) in [6, 6.07) is 7.63. The van der Waals surface area contributed by atoms with Gasteiger partial charge in [-0.3, -0.25) is 14.3 Å².